The van der Waals surface area contributed by atoms with Gasteiger partial charge in [0.15, 0.2) is 0 Å². The van der Waals surface area contributed by atoms with E-state index in [0.717, 1.165) is 45.1 Å². The van der Waals surface area contributed by atoms with E-state index in [-0.39, 0.29) is 6.03 Å². The molecule has 0 atom stereocenters. The number of piperidine rings is 2. The van der Waals surface area contributed by atoms with Crippen molar-refractivity contribution in [3.8, 4) is 0 Å². The molecule has 2 heterocycles. The van der Waals surface area contributed by atoms with E-state index in [2.05, 4.69) is 18.7 Å². The van der Waals surface area contributed by atoms with Gasteiger partial charge in [-0.1, -0.05) is 6.42 Å². The van der Waals surface area contributed by atoms with Gasteiger partial charge >= 0.3 is 6.03 Å². The third kappa shape index (κ3) is 3.62. The molecule has 0 aromatic rings. The molecule has 0 aromatic heterocycles. The Morgan fingerprint density at radius 3 is 2.11 bits per heavy atom. The zero-order chi connectivity index (χ0) is 13.7. The van der Waals surface area contributed by atoms with Crippen LogP contribution in [-0.4, -0.2) is 66.0 Å². The number of likely N-dealkylation sites (tertiary alicyclic amines) is 2. The van der Waals surface area contributed by atoms with E-state index in [0.29, 0.717) is 0 Å². The second-order valence-electron chi connectivity index (χ2n) is 5.77. The fourth-order valence-corrected chi connectivity index (χ4v) is 3.40. The number of carbonyl (C=O) groups excluding carboxylic acids is 1. The number of carbonyl (C=O) groups is 1. The van der Waals surface area contributed by atoms with E-state index < -0.39 is 0 Å². The zero-order valence-corrected chi connectivity index (χ0v) is 12.6. The molecule has 0 radical (unpaired) electrons. The Morgan fingerprint density at radius 1 is 1.00 bits per heavy atom. The van der Waals surface area contributed by atoms with Crippen molar-refractivity contribution in [2.45, 2.75) is 52.0 Å². The third-order valence-electron chi connectivity index (χ3n) is 4.68. The highest BCUT2D eigenvalue weighted by Crippen LogP contribution is 2.21. The third-order valence-corrected chi connectivity index (χ3v) is 4.68. The summed E-state index contributed by atoms with van der Waals surface area (Å²) < 4.78 is 0. The van der Waals surface area contributed by atoms with Gasteiger partial charge in [-0.15, -0.1) is 0 Å². The minimum atomic E-state index is 0.238. The van der Waals surface area contributed by atoms with E-state index in [1.807, 2.05) is 9.80 Å². The first-order valence-electron chi connectivity index (χ1n) is 8.04. The van der Waals surface area contributed by atoms with Crippen LogP contribution in [0.15, 0.2) is 0 Å². The highest BCUT2D eigenvalue weighted by molar-refractivity contribution is 5.74. The van der Waals surface area contributed by atoms with Crippen molar-refractivity contribution in [2.75, 3.05) is 39.3 Å². The molecule has 4 heteroatoms. The standard InChI is InChI=1S/C15H29N3O/c1-3-16(4-2)15(19)18-12-8-14(9-13-18)17-10-6-5-7-11-17/h14H,3-13H2,1-2H3. The average Bonchev–Trinajstić information content (AvgIpc) is 2.49. The van der Waals surface area contributed by atoms with Gasteiger partial charge in [-0.05, 0) is 52.6 Å². The van der Waals surface area contributed by atoms with E-state index >= 15 is 0 Å². The Morgan fingerprint density at radius 2 is 1.58 bits per heavy atom. The molecule has 2 amide bonds. The minimum absolute atomic E-state index is 0.238. The van der Waals surface area contributed by atoms with Crippen LogP contribution in [0.5, 0.6) is 0 Å². The maximum absolute atomic E-state index is 12.3. The van der Waals surface area contributed by atoms with Gasteiger partial charge in [0.25, 0.3) is 0 Å². The van der Waals surface area contributed by atoms with Gasteiger partial charge in [-0.25, -0.2) is 4.79 Å². The summed E-state index contributed by atoms with van der Waals surface area (Å²) in [6, 6.07) is 0.961. The lowest BCUT2D eigenvalue weighted by Crippen LogP contribution is -2.51. The maximum atomic E-state index is 12.3. The molecule has 2 fully saturated rings. The number of nitrogens with zero attached hydrogens (tertiary/aromatic N) is 3. The molecular formula is C15H29N3O. The van der Waals surface area contributed by atoms with E-state index in [9.17, 15) is 4.79 Å². The molecule has 2 aliphatic heterocycles. The topological polar surface area (TPSA) is 26.8 Å². The van der Waals surface area contributed by atoms with Crippen molar-refractivity contribution in [1.82, 2.24) is 14.7 Å². The Hall–Kier alpha value is -0.770. The molecule has 0 saturated carbocycles. The van der Waals surface area contributed by atoms with Gasteiger partial charge in [-0.3, -0.25) is 0 Å². The molecule has 2 rings (SSSR count). The lowest BCUT2D eigenvalue weighted by Gasteiger charge is -2.41. The zero-order valence-electron chi connectivity index (χ0n) is 12.6. The summed E-state index contributed by atoms with van der Waals surface area (Å²) in [7, 11) is 0. The van der Waals surface area contributed by atoms with Crippen molar-refractivity contribution in [3.05, 3.63) is 0 Å². The van der Waals surface area contributed by atoms with E-state index in [1.165, 1.54) is 32.4 Å². The summed E-state index contributed by atoms with van der Waals surface area (Å²) >= 11 is 0. The monoisotopic (exact) mass is 267 g/mol. The van der Waals surface area contributed by atoms with Crippen LogP contribution in [0.3, 0.4) is 0 Å². The highest BCUT2D eigenvalue weighted by Gasteiger charge is 2.28. The van der Waals surface area contributed by atoms with Crippen LogP contribution in [0.2, 0.25) is 0 Å². The van der Waals surface area contributed by atoms with Crippen LogP contribution < -0.4 is 0 Å². The lowest BCUT2D eigenvalue weighted by molar-refractivity contribution is 0.0905. The number of urea groups is 1. The number of hydrogen-bond acceptors (Lipinski definition) is 2. The predicted octanol–water partition coefficient (Wildman–Crippen LogP) is 2.40. The second-order valence-corrected chi connectivity index (χ2v) is 5.77. The smallest absolute Gasteiger partial charge is 0.319 e. The highest BCUT2D eigenvalue weighted by atomic mass is 16.2. The van der Waals surface area contributed by atoms with E-state index in [4.69, 9.17) is 0 Å². The molecule has 2 aliphatic rings. The summed E-state index contributed by atoms with van der Waals surface area (Å²) in [5, 5.41) is 0. The average molecular weight is 267 g/mol. The Kier molecular flexibility index (Phi) is 5.49. The van der Waals surface area contributed by atoms with Crippen LogP contribution >= 0.6 is 0 Å². The quantitative estimate of drug-likeness (QED) is 0.785. The normalized spacial score (nSPS) is 22.5. The maximum Gasteiger partial charge on any atom is 0.319 e. The summed E-state index contributed by atoms with van der Waals surface area (Å²) in [4.78, 5) is 18.9. The lowest BCUT2D eigenvalue weighted by atomic mass is 10.00. The number of hydrogen-bond donors (Lipinski definition) is 0. The molecule has 0 unspecified atom stereocenters. The van der Waals surface area contributed by atoms with Crippen LogP contribution in [0.25, 0.3) is 0 Å². The SMILES string of the molecule is CCN(CC)C(=O)N1CCC(N2CCCCC2)CC1. The molecule has 0 aliphatic carbocycles. The molecule has 0 spiro atoms. The first-order valence-corrected chi connectivity index (χ1v) is 8.04. The molecule has 0 N–H and O–H groups in total. The Bertz CT molecular complexity index is 277. The van der Waals surface area contributed by atoms with Crippen molar-refractivity contribution < 1.29 is 4.79 Å². The van der Waals surface area contributed by atoms with Crippen LogP contribution in [0.1, 0.15) is 46.0 Å². The summed E-state index contributed by atoms with van der Waals surface area (Å²) in [6.45, 7) is 10.2. The first kappa shape index (κ1) is 14.6. The molecule has 19 heavy (non-hydrogen) atoms. The molecule has 4 nitrogen and oxygen atoms in total. The summed E-state index contributed by atoms with van der Waals surface area (Å²) in [5.41, 5.74) is 0. The molecule has 0 bridgehead atoms. The molecule has 0 aromatic carbocycles. The van der Waals surface area contributed by atoms with Gasteiger partial charge in [0.05, 0.1) is 0 Å². The van der Waals surface area contributed by atoms with Crippen molar-refractivity contribution in [3.63, 3.8) is 0 Å². The summed E-state index contributed by atoms with van der Waals surface area (Å²) in [5.74, 6) is 0. The predicted molar refractivity (Wildman–Crippen MR) is 78.3 cm³/mol. The van der Waals surface area contributed by atoms with Gasteiger partial charge in [0, 0.05) is 32.2 Å². The second kappa shape index (κ2) is 7.13. The van der Waals surface area contributed by atoms with Crippen LogP contribution in [0, 0.1) is 0 Å². The largest absolute Gasteiger partial charge is 0.325 e. The molecular weight excluding hydrogens is 238 g/mol. The van der Waals surface area contributed by atoms with Gasteiger partial charge < -0.3 is 14.7 Å². The first-order chi connectivity index (χ1) is 9.26. The van der Waals surface area contributed by atoms with Crippen molar-refractivity contribution >= 4 is 6.03 Å². The summed E-state index contributed by atoms with van der Waals surface area (Å²) in [6.07, 6.45) is 6.44. The number of amides is 2. The van der Waals surface area contributed by atoms with Crippen LogP contribution in [0.4, 0.5) is 4.79 Å². The molecule has 110 valence electrons. The van der Waals surface area contributed by atoms with Gasteiger partial charge in [0.1, 0.15) is 0 Å². The minimum Gasteiger partial charge on any atom is -0.325 e. The van der Waals surface area contributed by atoms with Gasteiger partial charge in [-0.2, -0.15) is 0 Å². The van der Waals surface area contributed by atoms with Crippen molar-refractivity contribution in [2.24, 2.45) is 0 Å². The van der Waals surface area contributed by atoms with Crippen molar-refractivity contribution in [1.29, 1.82) is 0 Å². The molecule has 2 saturated heterocycles. The number of rotatable bonds is 3. The van der Waals surface area contributed by atoms with Crippen LogP contribution in [-0.2, 0) is 0 Å². The van der Waals surface area contributed by atoms with E-state index in [1.54, 1.807) is 0 Å². The Balaban J connectivity index is 1.79. The fraction of sp³-hybridized carbons (Fsp3) is 0.933. The Labute approximate surface area is 117 Å². The van der Waals surface area contributed by atoms with Gasteiger partial charge in [0.2, 0.25) is 0 Å². The fourth-order valence-electron chi connectivity index (χ4n) is 3.40.